The summed E-state index contributed by atoms with van der Waals surface area (Å²) < 4.78 is 65.1. The molecular formula is C39H59F2N4O11P. The molecule has 3 atom stereocenters. The lowest BCUT2D eigenvalue weighted by molar-refractivity contribution is -0.163. The number of halogens is 2. The normalized spacial score (nSPS) is 16.4. The van der Waals surface area contributed by atoms with Crippen molar-refractivity contribution in [3.63, 3.8) is 0 Å². The number of alkyl halides is 2. The summed E-state index contributed by atoms with van der Waals surface area (Å²) >= 11 is 0. The molecule has 18 heteroatoms. The predicted octanol–water partition coefficient (Wildman–Crippen LogP) is 5.90. The number of hydrogen-bond acceptors (Lipinski definition) is 11. The van der Waals surface area contributed by atoms with Crippen molar-refractivity contribution in [1.29, 1.82) is 0 Å². The molecule has 1 fully saturated rings. The number of nitrogens with one attached hydrogen (secondary N) is 2. The van der Waals surface area contributed by atoms with Gasteiger partial charge in [0.2, 0.25) is 37.2 Å². The van der Waals surface area contributed by atoms with Gasteiger partial charge in [-0.15, -0.1) is 0 Å². The zero-order valence-electron chi connectivity index (χ0n) is 34.4. The Bertz CT molecular complexity index is 1640. The molecule has 1 saturated heterocycles. The maximum absolute atomic E-state index is 16.0. The number of carbonyl (C=O) groups is 6. The summed E-state index contributed by atoms with van der Waals surface area (Å²) in [6.07, 6.45) is 4.34. The Morgan fingerprint density at radius 1 is 0.930 bits per heavy atom. The molecular weight excluding hydrogens is 769 g/mol. The monoisotopic (exact) mass is 828 g/mol. The van der Waals surface area contributed by atoms with Crippen LogP contribution in [0.1, 0.15) is 118 Å². The number of allylic oxidation sites excluding steroid dienone is 1. The van der Waals surface area contributed by atoms with Crippen LogP contribution in [0.5, 0.6) is 0 Å². The summed E-state index contributed by atoms with van der Waals surface area (Å²) in [5.41, 5.74) is -1.30. The summed E-state index contributed by atoms with van der Waals surface area (Å²) in [5, 5.41) is 5.58. The van der Waals surface area contributed by atoms with Gasteiger partial charge in [0.1, 0.15) is 12.1 Å². The van der Waals surface area contributed by atoms with E-state index in [1.54, 1.807) is 13.8 Å². The Labute approximate surface area is 333 Å². The van der Waals surface area contributed by atoms with Crippen molar-refractivity contribution in [3.05, 3.63) is 41.5 Å². The first-order valence-electron chi connectivity index (χ1n) is 18.9. The lowest BCUT2D eigenvalue weighted by atomic mass is 9.98. The van der Waals surface area contributed by atoms with Crippen LogP contribution in [0.25, 0.3) is 5.57 Å². The van der Waals surface area contributed by atoms with Gasteiger partial charge in [-0.05, 0) is 92.2 Å². The Balaban J connectivity index is 2.25. The summed E-state index contributed by atoms with van der Waals surface area (Å²) in [7, 11) is -5.54. The number of hydrogen-bond donors (Lipinski definition) is 3. The topological polar surface area (TPSA) is 210 Å². The fraction of sp³-hybridized carbons (Fsp3) is 0.641. The molecule has 4 amide bonds. The molecule has 1 aromatic rings. The minimum atomic E-state index is -5.54. The zero-order valence-corrected chi connectivity index (χ0v) is 35.3. The van der Waals surface area contributed by atoms with Gasteiger partial charge in [0.05, 0.1) is 10.8 Å². The van der Waals surface area contributed by atoms with E-state index in [4.69, 9.17) is 24.3 Å². The Morgan fingerprint density at radius 3 is 1.96 bits per heavy atom. The minimum absolute atomic E-state index is 0.102. The second-order valence-corrected chi connectivity index (χ2v) is 18.2. The van der Waals surface area contributed by atoms with Crippen molar-refractivity contribution in [3.8, 4) is 0 Å². The number of carbonyl (C=O) groups excluding carboxylic acids is 6. The number of primary amides is 1. The Morgan fingerprint density at radius 2 is 1.47 bits per heavy atom. The molecule has 1 heterocycles. The molecule has 15 nitrogen and oxygen atoms in total. The number of likely N-dealkylation sites (tertiary alicyclic amines) is 1. The van der Waals surface area contributed by atoms with Gasteiger partial charge in [0.25, 0.3) is 0 Å². The fourth-order valence-electron chi connectivity index (χ4n) is 5.45. The second-order valence-electron chi connectivity index (χ2n) is 16.1. The molecule has 2 unspecified atom stereocenters. The molecule has 0 radical (unpaired) electrons. The fourth-order valence-corrected chi connectivity index (χ4v) is 6.70. The first kappa shape index (κ1) is 48.9. The van der Waals surface area contributed by atoms with Crippen LogP contribution in [0.15, 0.2) is 30.3 Å². The van der Waals surface area contributed by atoms with Crippen LogP contribution in [0, 0.1) is 10.8 Å². The van der Waals surface area contributed by atoms with E-state index in [1.807, 2.05) is 6.92 Å². The highest BCUT2D eigenvalue weighted by Crippen LogP contribution is 2.67. The molecule has 320 valence electrons. The summed E-state index contributed by atoms with van der Waals surface area (Å²) in [4.78, 5) is 77.1. The lowest BCUT2D eigenvalue weighted by Crippen LogP contribution is -2.54. The maximum Gasteiger partial charge on any atom is 0.410 e. The van der Waals surface area contributed by atoms with Crippen molar-refractivity contribution in [2.75, 3.05) is 20.1 Å². The Kier molecular flexibility index (Phi) is 18.0. The van der Waals surface area contributed by atoms with Gasteiger partial charge in [-0.2, -0.15) is 8.78 Å². The van der Waals surface area contributed by atoms with E-state index in [0.29, 0.717) is 49.8 Å². The van der Waals surface area contributed by atoms with Crippen LogP contribution in [-0.2, 0) is 57.5 Å². The molecule has 1 aromatic carbocycles. The average Bonchev–Trinajstić information content (AvgIpc) is 3.61. The third-order valence-electron chi connectivity index (χ3n) is 8.94. The molecule has 1 aliphatic rings. The number of amides is 4. The van der Waals surface area contributed by atoms with E-state index in [0.717, 1.165) is 18.6 Å². The quantitative estimate of drug-likeness (QED) is 0.0610. The van der Waals surface area contributed by atoms with Crippen molar-refractivity contribution in [1.82, 2.24) is 15.5 Å². The van der Waals surface area contributed by atoms with E-state index >= 15 is 8.78 Å². The number of nitrogens with two attached hydrogens (primary N) is 1. The molecule has 1 aliphatic heterocycles. The van der Waals surface area contributed by atoms with Crippen LogP contribution < -0.4 is 16.4 Å². The highest BCUT2D eigenvalue weighted by Gasteiger charge is 2.56. The molecule has 2 rings (SSSR count). The molecule has 0 aromatic heterocycles. The van der Waals surface area contributed by atoms with Crippen LogP contribution in [0.3, 0.4) is 0 Å². The van der Waals surface area contributed by atoms with Gasteiger partial charge in [-0.3, -0.25) is 42.4 Å². The SMILES string of the molecule is CCCC[C@H](NC(=O)/C=C(\C)c1ccc(C(F)(F)P(=O)(OCOC(=O)C(C)(C)C)OCOC(=O)C(C)(C)C)cc1)C(=O)N1CCCC1C(=O)NC(C)CCC(N)=O. The Hall–Kier alpha value is -4.21. The van der Waals surface area contributed by atoms with Crippen LogP contribution >= 0.6 is 7.60 Å². The number of rotatable bonds is 20. The van der Waals surface area contributed by atoms with E-state index in [1.165, 1.54) is 64.7 Å². The minimum Gasteiger partial charge on any atom is -0.438 e. The highest BCUT2D eigenvalue weighted by molar-refractivity contribution is 7.54. The highest BCUT2D eigenvalue weighted by atomic mass is 31.2. The van der Waals surface area contributed by atoms with Crippen molar-refractivity contribution >= 4 is 48.7 Å². The molecule has 0 bridgehead atoms. The van der Waals surface area contributed by atoms with Gasteiger partial charge >= 0.3 is 25.2 Å². The van der Waals surface area contributed by atoms with Crippen LogP contribution in [-0.4, -0.2) is 78.7 Å². The third kappa shape index (κ3) is 14.6. The number of benzene rings is 1. The third-order valence-corrected chi connectivity index (χ3v) is 10.8. The van der Waals surface area contributed by atoms with E-state index < -0.39 is 85.0 Å². The average molecular weight is 829 g/mol. The van der Waals surface area contributed by atoms with Gasteiger partial charge < -0.3 is 30.7 Å². The van der Waals surface area contributed by atoms with Gasteiger partial charge in [0.15, 0.2) is 0 Å². The van der Waals surface area contributed by atoms with E-state index in [2.05, 4.69) is 10.6 Å². The standard InChI is InChI=1S/C39H59F2N4O11P/c1-10-11-13-29(34(49)45-21-12-14-30(45)33(48)43-26(3)15-20-31(42)46)44-32(47)22-25(2)27-16-18-28(19-17-27)39(40,41)57(52,55-23-53-35(50)37(4,5)6)56-24-54-36(51)38(7,8)9/h16-19,22,26,29-30H,10-15,20-21,23-24H2,1-9H3,(H2,42,46)(H,43,48)(H,44,47)/b25-22+/t26?,29-,30?/m0/s1. The summed E-state index contributed by atoms with van der Waals surface area (Å²) in [6.45, 7) is 12.4. The predicted molar refractivity (Wildman–Crippen MR) is 207 cm³/mol. The molecule has 4 N–H and O–H groups in total. The van der Waals surface area contributed by atoms with Crippen LogP contribution in [0.4, 0.5) is 8.78 Å². The lowest BCUT2D eigenvalue weighted by Gasteiger charge is -2.29. The van der Waals surface area contributed by atoms with E-state index in [-0.39, 0.29) is 18.4 Å². The van der Waals surface area contributed by atoms with Gasteiger partial charge in [-0.25, -0.2) is 0 Å². The number of nitrogens with zero attached hydrogens (tertiary/aromatic N) is 1. The first-order chi connectivity index (χ1) is 26.3. The smallest absolute Gasteiger partial charge is 0.410 e. The molecule has 0 aliphatic carbocycles. The molecule has 0 spiro atoms. The van der Waals surface area contributed by atoms with Gasteiger partial charge in [-0.1, -0.05) is 44.0 Å². The second kappa shape index (κ2) is 21.0. The summed E-state index contributed by atoms with van der Waals surface area (Å²) in [5.74, 6) is -3.52. The van der Waals surface area contributed by atoms with Crippen LogP contribution in [0.2, 0.25) is 0 Å². The molecule has 57 heavy (non-hydrogen) atoms. The first-order valence-corrected chi connectivity index (χ1v) is 20.5. The van der Waals surface area contributed by atoms with E-state index in [9.17, 15) is 33.3 Å². The van der Waals surface area contributed by atoms with Crippen molar-refractivity contribution in [2.24, 2.45) is 16.6 Å². The maximum atomic E-state index is 16.0. The zero-order chi connectivity index (χ0) is 43.4. The molecule has 0 saturated carbocycles. The number of unbranched alkanes of at least 4 members (excludes halogenated alkanes) is 1. The largest absolute Gasteiger partial charge is 0.438 e. The number of ether oxygens (including phenoxy) is 2. The van der Waals surface area contributed by atoms with Gasteiger partial charge in [0, 0.05) is 30.6 Å². The summed E-state index contributed by atoms with van der Waals surface area (Å²) in [6, 6.07) is 2.38. The van der Waals surface area contributed by atoms with Crippen molar-refractivity contribution < 1.29 is 60.6 Å². The number of esters is 2. The van der Waals surface area contributed by atoms with Crippen molar-refractivity contribution in [2.45, 2.75) is 131 Å².